The molecule has 1 aliphatic rings. The van der Waals surface area contributed by atoms with Crippen LogP contribution in [0.15, 0.2) is 0 Å². The Bertz CT molecular complexity index is 546. The molecule has 0 saturated carbocycles. The highest BCUT2D eigenvalue weighted by molar-refractivity contribution is 14.1. The van der Waals surface area contributed by atoms with Crippen molar-refractivity contribution < 1.29 is 14.7 Å². The van der Waals surface area contributed by atoms with E-state index in [4.69, 9.17) is 0 Å². The minimum Gasteiger partial charge on any atom is -0.393 e. The number of halogens is 1. The lowest BCUT2D eigenvalue weighted by atomic mass is 9.85. The number of hydrogen-bond donors (Lipinski definition) is 3. The first-order chi connectivity index (χ1) is 13.2. The molecule has 7 heteroatoms. The van der Waals surface area contributed by atoms with Gasteiger partial charge in [0, 0.05) is 55.5 Å². The summed E-state index contributed by atoms with van der Waals surface area (Å²) in [5, 5.41) is 15.7. The summed E-state index contributed by atoms with van der Waals surface area (Å²) in [6.07, 6.45) is 1.67. The maximum Gasteiger partial charge on any atom is 0.224 e. The van der Waals surface area contributed by atoms with Gasteiger partial charge in [-0.3, -0.25) is 9.59 Å². The minimum atomic E-state index is -0.391. The molecular formula is C22H42IN3O3. The zero-order valence-electron chi connectivity index (χ0n) is 19.3. The fourth-order valence-corrected chi connectivity index (χ4v) is 5.30. The monoisotopic (exact) mass is 523 g/mol. The van der Waals surface area contributed by atoms with E-state index in [1.807, 2.05) is 13.8 Å². The van der Waals surface area contributed by atoms with Crippen molar-refractivity contribution in [2.45, 2.75) is 73.8 Å². The lowest BCUT2D eigenvalue weighted by molar-refractivity contribution is -0.127. The Morgan fingerprint density at radius 2 is 1.72 bits per heavy atom. The van der Waals surface area contributed by atoms with Gasteiger partial charge in [0.1, 0.15) is 0 Å². The Kier molecular flexibility index (Phi) is 10.4. The van der Waals surface area contributed by atoms with Crippen molar-refractivity contribution in [3.63, 3.8) is 0 Å². The molecule has 3 N–H and O–H groups in total. The van der Waals surface area contributed by atoms with E-state index in [0.29, 0.717) is 38.4 Å². The molecule has 6 nitrogen and oxygen atoms in total. The lowest BCUT2D eigenvalue weighted by Crippen LogP contribution is -2.40. The van der Waals surface area contributed by atoms with Gasteiger partial charge in [0.2, 0.25) is 11.8 Å². The predicted molar refractivity (Wildman–Crippen MR) is 127 cm³/mol. The van der Waals surface area contributed by atoms with Gasteiger partial charge in [-0.05, 0) is 42.4 Å². The number of carbonyl (C=O) groups is 2. The van der Waals surface area contributed by atoms with E-state index in [2.05, 4.69) is 64.3 Å². The summed E-state index contributed by atoms with van der Waals surface area (Å²) in [6, 6.07) is 0. The number of aliphatic hydroxyl groups excluding tert-OH is 1. The Labute approximate surface area is 191 Å². The highest BCUT2D eigenvalue weighted by atomic mass is 127. The summed E-state index contributed by atoms with van der Waals surface area (Å²) in [7, 11) is 0. The summed E-state index contributed by atoms with van der Waals surface area (Å²) >= 11 is 2.24. The van der Waals surface area contributed by atoms with Gasteiger partial charge in [0.25, 0.3) is 0 Å². The van der Waals surface area contributed by atoms with E-state index in [0.717, 1.165) is 13.0 Å². The van der Waals surface area contributed by atoms with Crippen LogP contribution in [0.2, 0.25) is 0 Å². The van der Waals surface area contributed by atoms with Gasteiger partial charge < -0.3 is 15.7 Å². The van der Waals surface area contributed by atoms with Gasteiger partial charge in [-0.2, -0.15) is 0 Å². The first-order valence-electron chi connectivity index (χ1n) is 10.8. The number of carbonyl (C=O) groups excluding carboxylic acids is 2. The smallest absolute Gasteiger partial charge is 0.224 e. The maximum atomic E-state index is 12.8. The third-order valence-electron chi connectivity index (χ3n) is 5.38. The zero-order chi connectivity index (χ0) is 22.4. The lowest BCUT2D eigenvalue weighted by Gasteiger charge is -2.27. The highest BCUT2D eigenvalue weighted by Gasteiger charge is 2.38. The normalized spacial score (nSPS) is 22.9. The summed E-state index contributed by atoms with van der Waals surface area (Å²) in [5.41, 5.74) is 0.0908. The highest BCUT2D eigenvalue weighted by Crippen LogP contribution is 2.30. The molecule has 29 heavy (non-hydrogen) atoms. The van der Waals surface area contributed by atoms with Crippen molar-refractivity contribution in [1.82, 2.24) is 13.7 Å². The van der Waals surface area contributed by atoms with E-state index in [1.165, 1.54) is 0 Å². The molecule has 2 unspecified atom stereocenters. The molecule has 0 aromatic carbocycles. The molecule has 1 rings (SSSR count). The van der Waals surface area contributed by atoms with Crippen LogP contribution >= 0.6 is 22.9 Å². The van der Waals surface area contributed by atoms with Crippen molar-refractivity contribution in [1.29, 1.82) is 0 Å². The van der Waals surface area contributed by atoms with Crippen molar-refractivity contribution >= 4 is 34.7 Å². The van der Waals surface area contributed by atoms with Crippen LogP contribution in [-0.4, -0.2) is 52.3 Å². The third kappa shape index (κ3) is 11.0. The average Bonchev–Trinajstić information content (AvgIpc) is 2.88. The molecule has 170 valence electrons. The molecule has 1 fully saturated rings. The number of amides is 2. The number of nitrogens with one attached hydrogen (secondary N) is 2. The Morgan fingerprint density at radius 3 is 2.28 bits per heavy atom. The second-order valence-electron chi connectivity index (χ2n) is 11.0. The molecule has 0 spiro atoms. The van der Waals surface area contributed by atoms with E-state index >= 15 is 0 Å². The molecule has 1 heterocycles. The van der Waals surface area contributed by atoms with Gasteiger partial charge in [-0.25, -0.2) is 3.11 Å². The van der Waals surface area contributed by atoms with Gasteiger partial charge in [0.15, 0.2) is 0 Å². The summed E-state index contributed by atoms with van der Waals surface area (Å²) in [6.45, 7) is 17.3. The van der Waals surface area contributed by atoms with Crippen LogP contribution in [0.25, 0.3) is 0 Å². The van der Waals surface area contributed by atoms with Crippen LogP contribution in [0.3, 0.4) is 0 Å². The van der Waals surface area contributed by atoms with Crippen molar-refractivity contribution in [2.24, 2.45) is 28.6 Å². The van der Waals surface area contributed by atoms with E-state index < -0.39 is 6.10 Å². The summed E-state index contributed by atoms with van der Waals surface area (Å²) in [5.74, 6) is 0.361. The van der Waals surface area contributed by atoms with Gasteiger partial charge >= 0.3 is 0 Å². The third-order valence-corrected chi connectivity index (χ3v) is 6.17. The molecule has 1 aliphatic heterocycles. The van der Waals surface area contributed by atoms with Crippen LogP contribution in [0, 0.1) is 28.6 Å². The predicted octanol–water partition coefficient (Wildman–Crippen LogP) is 3.38. The molecule has 0 aromatic heterocycles. The Balaban J connectivity index is 2.53. The van der Waals surface area contributed by atoms with Crippen LogP contribution in [0.4, 0.5) is 0 Å². The fraction of sp³-hybridized carbons (Fsp3) is 0.909. The second-order valence-corrected chi connectivity index (χ2v) is 12.4. The molecule has 0 aromatic rings. The van der Waals surface area contributed by atoms with Crippen molar-refractivity contribution in [3.8, 4) is 0 Å². The summed E-state index contributed by atoms with van der Waals surface area (Å²) in [4.78, 5) is 25.3. The average molecular weight is 524 g/mol. The van der Waals surface area contributed by atoms with Crippen LogP contribution in [-0.2, 0) is 9.59 Å². The van der Waals surface area contributed by atoms with Gasteiger partial charge in [0.05, 0.1) is 12.0 Å². The van der Waals surface area contributed by atoms with Gasteiger partial charge in [-0.15, -0.1) is 0 Å². The van der Waals surface area contributed by atoms with Crippen molar-refractivity contribution in [2.75, 3.05) is 26.2 Å². The largest absolute Gasteiger partial charge is 0.393 e. The Morgan fingerprint density at radius 1 is 1.10 bits per heavy atom. The van der Waals surface area contributed by atoms with Crippen molar-refractivity contribution in [3.05, 3.63) is 0 Å². The fourth-order valence-electron chi connectivity index (χ4n) is 4.37. The minimum absolute atomic E-state index is 0.0146. The molecule has 1 saturated heterocycles. The molecule has 2 amide bonds. The summed E-state index contributed by atoms with van der Waals surface area (Å²) < 4.78 is 2.11. The van der Waals surface area contributed by atoms with E-state index in [-0.39, 0.29) is 34.5 Å². The first-order valence-corrected chi connectivity index (χ1v) is 11.8. The van der Waals surface area contributed by atoms with E-state index in [1.54, 1.807) is 6.92 Å². The van der Waals surface area contributed by atoms with Gasteiger partial charge in [-0.1, -0.05) is 41.5 Å². The second kappa shape index (κ2) is 11.3. The Hall–Kier alpha value is -0.410. The number of hydrogen-bond acceptors (Lipinski definition) is 4. The molecule has 0 aliphatic carbocycles. The molecule has 0 radical (unpaired) electrons. The van der Waals surface area contributed by atoms with E-state index in [9.17, 15) is 14.7 Å². The maximum absolute atomic E-state index is 12.8. The first kappa shape index (κ1) is 26.6. The number of rotatable bonds is 10. The number of nitrogens with zero attached hydrogens (tertiary/aromatic N) is 1. The standard InChI is InChI=1S/C22H42IN3O3/c1-15(9-21(3,4)5)11-24-20(29)18-13-26(23)12-17(18)8-19(28)25-14-22(6,7)10-16(2)27/h15-18,27H,8-14H2,1-7H3,(H,24,29)(H,25,28)/t15?,16?,17-,18-/m0/s1. The molecule has 4 atom stereocenters. The van der Waals surface area contributed by atoms with Crippen LogP contribution < -0.4 is 10.6 Å². The topological polar surface area (TPSA) is 81.7 Å². The molecule has 0 bridgehead atoms. The quantitative estimate of drug-likeness (QED) is 0.303. The molecular weight excluding hydrogens is 481 g/mol. The van der Waals surface area contributed by atoms with Crippen LogP contribution in [0.5, 0.6) is 0 Å². The zero-order valence-corrected chi connectivity index (χ0v) is 21.5. The van der Waals surface area contributed by atoms with Crippen LogP contribution in [0.1, 0.15) is 67.7 Å². The number of aliphatic hydroxyl groups is 1. The SMILES string of the molecule is CC(O)CC(C)(C)CNC(=O)C[C@H]1CN(I)C[C@@H]1C(=O)NCC(C)CC(C)(C)C.